The van der Waals surface area contributed by atoms with E-state index in [1.54, 1.807) is 0 Å². The first-order valence-corrected chi connectivity index (χ1v) is 5.76. The van der Waals surface area contributed by atoms with E-state index in [0.29, 0.717) is 0 Å². The van der Waals surface area contributed by atoms with Crippen molar-refractivity contribution in [2.45, 2.75) is 12.8 Å². The van der Waals surface area contributed by atoms with Crippen LogP contribution >= 0.6 is 7.49 Å². The molecule has 2 heteroatoms. The SMILES string of the molecule is C=CC[P+]1(O)CCCC1. The molecule has 0 atom stereocenters. The fourth-order valence-corrected chi connectivity index (χ4v) is 4.04. The molecule has 1 fully saturated rings. The van der Waals surface area contributed by atoms with Crippen LogP contribution in [0.3, 0.4) is 0 Å². The van der Waals surface area contributed by atoms with Crippen molar-refractivity contribution in [2.75, 3.05) is 18.5 Å². The monoisotopic (exact) mass is 145 g/mol. The third kappa shape index (κ3) is 1.77. The molecule has 1 N–H and O–H groups in total. The van der Waals surface area contributed by atoms with Crippen molar-refractivity contribution in [3.05, 3.63) is 12.7 Å². The zero-order valence-electron chi connectivity index (χ0n) is 5.71. The molecular weight excluding hydrogens is 131 g/mol. The summed E-state index contributed by atoms with van der Waals surface area (Å²) < 4.78 is 0. The molecule has 9 heavy (non-hydrogen) atoms. The Hall–Kier alpha value is 0.130. The van der Waals surface area contributed by atoms with E-state index < -0.39 is 7.49 Å². The molecule has 1 aliphatic rings. The second-order valence-electron chi connectivity index (χ2n) is 2.72. The molecule has 0 aromatic carbocycles. The zero-order chi connectivity index (χ0) is 6.74. The van der Waals surface area contributed by atoms with Gasteiger partial charge in [-0.15, -0.1) is 0 Å². The van der Waals surface area contributed by atoms with Crippen LogP contribution in [-0.2, 0) is 0 Å². The summed E-state index contributed by atoms with van der Waals surface area (Å²) in [5.41, 5.74) is 0. The van der Waals surface area contributed by atoms with E-state index in [4.69, 9.17) is 0 Å². The third-order valence-electron chi connectivity index (χ3n) is 1.87. The molecule has 52 valence electrons. The summed E-state index contributed by atoms with van der Waals surface area (Å²) >= 11 is 0. The van der Waals surface area contributed by atoms with Gasteiger partial charge in [-0.3, -0.25) is 4.89 Å². The Bertz CT molecular complexity index is 105. The van der Waals surface area contributed by atoms with Gasteiger partial charge in [-0.1, -0.05) is 12.7 Å². The van der Waals surface area contributed by atoms with Crippen LogP contribution in [0.25, 0.3) is 0 Å². The van der Waals surface area contributed by atoms with Gasteiger partial charge in [-0.25, -0.2) is 0 Å². The second-order valence-corrected chi connectivity index (χ2v) is 6.17. The van der Waals surface area contributed by atoms with Gasteiger partial charge in [0.2, 0.25) is 0 Å². The van der Waals surface area contributed by atoms with Gasteiger partial charge >= 0.3 is 0 Å². The lowest BCUT2D eigenvalue weighted by Gasteiger charge is -2.09. The Kier molecular flexibility index (Phi) is 2.26. The largest absolute Gasteiger partial charge is 0.251 e. The highest BCUT2D eigenvalue weighted by Crippen LogP contribution is 2.59. The molecule has 0 saturated carbocycles. The first-order chi connectivity index (χ1) is 4.27. The van der Waals surface area contributed by atoms with Gasteiger partial charge in [0.05, 0.1) is 12.3 Å². The fraction of sp³-hybridized carbons (Fsp3) is 0.714. The molecule has 0 radical (unpaired) electrons. The highest BCUT2D eigenvalue weighted by molar-refractivity contribution is 7.70. The van der Waals surface area contributed by atoms with E-state index in [9.17, 15) is 4.89 Å². The molecule has 0 bridgehead atoms. The van der Waals surface area contributed by atoms with Crippen molar-refractivity contribution in [1.82, 2.24) is 0 Å². The molecule has 0 amide bonds. The van der Waals surface area contributed by atoms with Crippen molar-refractivity contribution in [2.24, 2.45) is 0 Å². The van der Waals surface area contributed by atoms with Gasteiger partial charge in [0.15, 0.2) is 0 Å². The van der Waals surface area contributed by atoms with E-state index in [1.165, 1.54) is 12.8 Å². The minimum absolute atomic E-state index is 0.882. The predicted molar refractivity (Wildman–Crippen MR) is 43.2 cm³/mol. The highest BCUT2D eigenvalue weighted by atomic mass is 31.2. The average molecular weight is 145 g/mol. The molecule has 1 heterocycles. The molecule has 1 saturated heterocycles. The van der Waals surface area contributed by atoms with Gasteiger partial charge in [-0.05, 0) is 12.8 Å². The number of allylic oxidation sites excluding steroid dienone is 1. The van der Waals surface area contributed by atoms with Gasteiger partial charge in [-0.2, -0.15) is 0 Å². The van der Waals surface area contributed by atoms with Crippen LogP contribution in [0.4, 0.5) is 0 Å². The summed E-state index contributed by atoms with van der Waals surface area (Å²) in [5.74, 6) is 0. The first kappa shape index (κ1) is 7.24. The molecule has 0 aromatic heterocycles. The maximum atomic E-state index is 9.73. The summed E-state index contributed by atoms with van der Waals surface area (Å²) in [4.78, 5) is 9.73. The van der Waals surface area contributed by atoms with Crippen LogP contribution in [0.2, 0.25) is 0 Å². The fourth-order valence-electron chi connectivity index (χ4n) is 1.35. The normalized spacial score (nSPS) is 24.1. The van der Waals surface area contributed by atoms with E-state index >= 15 is 0 Å². The van der Waals surface area contributed by atoms with Crippen LogP contribution in [0, 0.1) is 0 Å². The van der Waals surface area contributed by atoms with Crippen LogP contribution in [0.15, 0.2) is 12.7 Å². The van der Waals surface area contributed by atoms with Crippen molar-refractivity contribution >= 4 is 7.49 Å². The van der Waals surface area contributed by atoms with E-state index in [2.05, 4.69) is 6.58 Å². The van der Waals surface area contributed by atoms with E-state index in [-0.39, 0.29) is 0 Å². The summed E-state index contributed by atoms with van der Waals surface area (Å²) in [7, 11) is -1.44. The first-order valence-electron chi connectivity index (χ1n) is 3.47. The smallest absolute Gasteiger partial charge is 0.145 e. The average Bonchev–Trinajstić information content (AvgIpc) is 2.16. The molecule has 0 aromatic rings. The quantitative estimate of drug-likeness (QED) is 0.464. The lowest BCUT2D eigenvalue weighted by Crippen LogP contribution is -1.96. The van der Waals surface area contributed by atoms with E-state index in [0.717, 1.165) is 18.5 Å². The van der Waals surface area contributed by atoms with Crippen molar-refractivity contribution in [3.8, 4) is 0 Å². The standard InChI is InChI=1S/C7H14OP/c1-2-5-9(8)6-3-4-7-9/h2,8H,1,3-7H2/q+1. The Morgan fingerprint density at radius 1 is 1.44 bits per heavy atom. The summed E-state index contributed by atoms with van der Waals surface area (Å²) in [5, 5.41) is 0. The van der Waals surface area contributed by atoms with Crippen molar-refractivity contribution in [1.29, 1.82) is 0 Å². The Labute approximate surface area is 57.2 Å². The minimum atomic E-state index is -1.44. The zero-order valence-corrected chi connectivity index (χ0v) is 6.61. The van der Waals surface area contributed by atoms with Gasteiger partial charge in [0.1, 0.15) is 13.7 Å². The lowest BCUT2D eigenvalue weighted by molar-refractivity contribution is 0.609. The molecule has 1 aliphatic heterocycles. The highest BCUT2D eigenvalue weighted by Gasteiger charge is 2.37. The molecule has 0 unspecified atom stereocenters. The lowest BCUT2D eigenvalue weighted by atomic mass is 10.4. The summed E-state index contributed by atoms with van der Waals surface area (Å²) in [6.07, 6.45) is 7.38. The Balaban J connectivity index is 2.40. The summed E-state index contributed by atoms with van der Waals surface area (Å²) in [6, 6.07) is 0. The topological polar surface area (TPSA) is 20.2 Å². The van der Waals surface area contributed by atoms with Gasteiger partial charge < -0.3 is 0 Å². The van der Waals surface area contributed by atoms with Crippen molar-refractivity contribution in [3.63, 3.8) is 0 Å². The maximum Gasteiger partial charge on any atom is 0.145 e. The molecule has 0 aliphatic carbocycles. The number of hydrogen-bond donors (Lipinski definition) is 1. The Morgan fingerprint density at radius 3 is 2.44 bits per heavy atom. The second kappa shape index (κ2) is 2.81. The maximum absolute atomic E-state index is 9.73. The molecule has 1 rings (SSSR count). The Morgan fingerprint density at radius 2 is 2.00 bits per heavy atom. The number of hydrogen-bond acceptors (Lipinski definition) is 1. The summed E-state index contributed by atoms with van der Waals surface area (Å²) in [6.45, 7) is 3.64. The van der Waals surface area contributed by atoms with Gasteiger partial charge in [0, 0.05) is 0 Å². The predicted octanol–water partition coefficient (Wildman–Crippen LogP) is 1.89. The van der Waals surface area contributed by atoms with Crippen LogP contribution < -0.4 is 0 Å². The molecule has 1 nitrogen and oxygen atoms in total. The van der Waals surface area contributed by atoms with Gasteiger partial charge in [0.25, 0.3) is 0 Å². The van der Waals surface area contributed by atoms with Crippen LogP contribution in [-0.4, -0.2) is 23.4 Å². The molecule has 0 spiro atoms. The van der Waals surface area contributed by atoms with Crippen LogP contribution in [0.1, 0.15) is 12.8 Å². The van der Waals surface area contributed by atoms with Crippen LogP contribution in [0.5, 0.6) is 0 Å². The molecular formula is C7H14OP+. The minimum Gasteiger partial charge on any atom is -0.251 e. The van der Waals surface area contributed by atoms with E-state index in [1.807, 2.05) is 6.08 Å². The third-order valence-corrected chi connectivity index (χ3v) is 5.10. The number of rotatable bonds is 2. The van der Waals surface area contributed by atoms with Crippen molar-refractivity contribution < 1.29 is 4.89 Å².